The van der Waals surface area contributed by atoms with Gasteiger partial charge in [-0.25, -0.2) is 4.79 Å². The van der Waals surface area contributed by atoms with Gasteiger partial charge in [-0.05, 0) is 6.42 Å². The number of carbonyl (C=O) groups is 11. The average Bonchev–Trinajstić information content (AvgIpc) is 3.61. The van der Waals surface area contributed by atoms with Gasteiger partial charge >= 0.3 is 5.97 Å². The zero-order valence-corrected chi connectivity index (χ0v) is 23.3. The van der Waals surface area contributed by atoms with Crippen molar-refractivity contribution in [3.8, 4) is 0 Å². The number of hydrogen-bond donors (Lipinski definition) is 4. The van der Waals surface area contributed by atoms with Crippen LogP contribution >= 0.6 is 0 Å². The molecule has 3 aliphatic heterocycles. The maximum absolute atomic E-state index is 12.7. The van der Waals surface area contributed by atoms with Crippen molar-refractivity contribution in [3.63, 3.8) is 0 Å². The van der Waals surface area contributed by atoms with Crippen LogP contribution in [0.4, 0.5) is 0 Å². The number of nitrogens with zero attached hydrogens (tertiary/aromatic N) is 3. The van der Waals surface area contributed by atoms with Crippen molar-refractivity contribution < 1.29 is 57.6 Å². The summed E-state index contributed by atoms with van der Waals surface area (Å²) in [5, 5.41) is 9.23. The SMILES string of the molecule is O=C(CCCN1C(=O)C=CC1=O)NCC(=O)NCC(=O)NCC(=O)NCC(C(=O)ON1C(=O)CCC1=O)N1C(=O)CCC1=O. The van der Waals surface area contributed by atoms with Crippen molar-refractivity contribution in [2.75, 3.05) is 32.7 Å². The third-order valence-electron chi connectivity index (χ3n) is 6.38. The number of nitrogens with one attached hydrogen (secondary N) is 4. The zero-order valence-electron chi connectivity index (χ0n) is 23.3. The lowest BCUT2D eigenvalue weighted by molar-refractivity contribution is -0.201. The van der Waals surface area contributed by atoms with Gasteiger partial charge in [0, 0.05) is 57.3 Å². The Bertz CT molecular complexity index is 1280. The van der Waals surface area contributed by atoms with E-state index in [9.17, 15) is 52.7 Å². The molecule has 3 heterocycles. The number of rotatable bonds is 15. The molecule has 0 aliphatic carbocycles. The van der Waals surface area contributed by atoms with Gasteiger partial charge < -0.3 is 26.1 Å². The zero-order chi connectivity index (χ0) is 32.4. The minimum Gasteiger partial charge on any atom is -0.352 e. The summed E-state index contributed by atoms with van der Waals surface area (Å²) < 4.78 is 0. The second kappa shape index (κ2) is 15.1. The first-order valence-corrected chi connectivity index (χ1v) is 13.4. The van der Waals surface area contributed by atoms with Crippen LogP contribution in [0, 0.1) is 0 Å². The van der Waals surface area contributed by atoms with E-state index in [1.165, 1.54) is 0 Å². The molecule has 1 atom stereocenters. The standard InChI is InChI=1S/C25H29N7O12/c33-15(2-1-9-30-19(37)3-4-20(30)38)27-11-17(35)29-13-18(36)28-12-16(34)26-10-14(31-21(39)5-6-22(31)40)25(43)44-32-23(41)7-8-24(32)42/h3-4,14H,1-2,5-13H2,(H,26,34)(H,27,33)(H,28,36)(H,29,35). The third kappa shape index (κ3) is 9.00. The fourth-order valence-corrected chi connectivity index (χ4v) is 4.10. The highest BCUT2D eigenvalue weighted by Crippen LogP contribution is 2.19. The summed E-state index contributed by atoms with van der Waals surface area (Å²) in [4.78, 5) is 138. The molecule has 10 amide bonds. The van der Waals surface area contributed by atoms with Crippen LogP contribution in [-0.2, 0) is 57.6 Å². The summed E-state index contributed by atoms with van der Waals surface area (Å²) in [5.74, 6) is -8.15. The van der Waals surface area contributed by atoms with Crippen molar-refractivity contribution in [1.82, 2.24) is 36.1 Å². The molecule has 19 nitrogen and oxygen atoms in total. The molecule has 44 heavy (non-hydrogen) atoms. The molecule has 0 saturated carbocycles. The quantitative estimate of drug-likeness (QED) is 0.126. The number of hydroxylamine groups is 2. The van der Waals surface area contributed by atoms with Crippen LogP contribution < -0.4 is 21.3 Å². The monoisotopic (exact) mass is 619 g/mol. The average molecular weight is 620 g/mol. The van der Waals surface area contributed by atoms with Crippen molar-refractivity contribution in [1.29, 1.82) is 0 Å². The lowest BCUT2D eigenvalue weighted by Gasteiger charge is -2.25. The van der Waals surface area contributed by atoms with E-state index in [0.717, 1.165) is 17.1 Å². The van der Waals surface area contributed by atoms with E-state index < -0.39 is 97.3 Å². The van der Waals surface area contributed by atoms with Crippen LogP contribution in [0.2, 0.25) is 0 Å². The molecule has 19 heteroatoms. The van der Waals surface area contributed by atoms with E-state index in [1.54, 1.807) is 0 Å². The maximum atomic E-state index is 12.7. The van der Waals surface area contributed by atoms with Crippen LogP contribution in [0.5, 0.6) is 0 Å². The first kappa shape index (κ1) is 33.0. The van der Waals surface area contributed by atoms with Crippen LogP contribution in [0.15, 0.2) is 12.2 Å². The largest absolute Gasteiger partial charge is 0.357 e. The summed E-state index contributed by atoms with van der Waals surface area (Å²) in [6.07, 6.45) is 1.61. The Kier molecular flexibility index (Phi) is 11.3. The summed E-state index contributed by atoms with van der Waals surface area (Å²) >= 11 is 0. The Hall–Kier alpha value is -5.49. The van der Waals surface area contributed by atoms with E-state index >= 15 is 0 Å². The predicted molar refractivity (Wildman–Crippen MR) is 139 cm³/mol. The highest BCUT2D eigenvalue weighted by Gasteiger charge is 2.42. The Morgan fingerprint density at radius 3 is 1.64 bits per heavy atom. The molecule has 0 aromatic rings. The number of amides is 10. The summed E-state index contributed by atoms with van der Waals surface area (Å²) in [5.41, 5.74) is 0. The molecule has 2 saturated heterocycles. The molecule has 3 aliphatic rings. The molecule has 2 fully saturated rings. The van der Waals surface area contributed by atoms with E-state index in [-0.39, 0.29) is 50.1 Å². The lowest BCUT2D eigenvalue weighted by Crippen LogP contribution is -2.54. The summed E-state index contributed by atoms with van der Waals surface area (Å²) in [6.45, 7) is -2.25. The highest BCUT2D eigenvalue weighted by molar-refractivity contribution is 6.13. The number of hydrogen-bond acceptors (Lipinski definition) is 12. The van der Waals surface area contributed by atoms with Gasteiger partial charge in [0.1, 0.15) is 0 Å². The second-order valence-corrected chi connectivity index (χ2v) is 9.56. The van der Waals surface area contributed by atoms with Gasteiger partial charge in [0.15, 0.2) is 6.04 Å². The Morgan fingerprint density at radius 2 is 1.11 bits per heavy atom. The van der Waals surface area contributed by atoms with Crippen LogP contribution in [0.1, 0.15) is 38.5 Å². The Balaban J connectivity index is 1.35. The predicted octanol–water partition coefficient (Wildman–Crippen LogP) is -4.72. The van der Waals surface area contributed by atoms with E-state index in [1.807, 2.05) is 0 Å². The fraction of sp³-hybridized carbons (Fsp3) is 0.480. The second-order valence-electron chi connectivity index (χ2n) is 9.56. The summed E-state index contributed by atoms with van der Waals surface area (Å²) in [6, 6.07) is -1.69. The highest BCUT2D eigenvalue weighted by atomic mass is 16.7. The first-order valence-electron chi connectivity index (χ1n) is 13.4. The molecule has 1 unspecified atom stereocenters. The first-order chi connectivity index (χ1) is 20.9. The molecule has 0 bridgehead atoms. The van der Waals surface area contributed by atoms with Gasteiger partial charge in [-0.1, -0.05) is 0 Å². The van der Waals surface area contributed by atoms with E-state index in [2.05, 4.69) is 21.3 Å². The molecule has 4 N–H and O–H groups in total. The van der Waals surface area contributed by atoms with Crippen LogP contribution in [0.25, 0.3) is 0 Å². The molecule has 3 rings (SSSR count). The molecule has 236 valence electrons. The molecule has 0 radical (unpaired) electrons. The third-order valence-corrected chi connectivity index (χ3v) is 6.38. The molecular weight excluding hydrogens is 590 g/mol. The van der Waals surface area contributed by atoms with Crippen molar-refractivity contribution in [3.05, 3.63) is 12.2 Å². The number of imide groups is 3. The smallest absolute Gasteiger partial charge is 0.352 e. The van der Waals surface area contributed by atoms with E-state index in [4.69, 9.17) is 4.84 Å². The van der Waals surface area contributed by atoms with Crippen LogP contribution in [-0.4, -0.2) is 119 Å². The van der Waals surface area contributed by atoms with E-state index in [0.29, 0.717) is 4.90 Å². The Morgan fingerprint density at radius 1 is 0.659 bits per heavy atom. The molecule has 0 aromatic carbocycles. The minimum absolute atomic E-state index is 0.0396. The topological polar surface area (TPSA) is 255 Å². The van der Waals surface area contributed by atoms with Gasteiger partial charge in [-0.3, -0.25) is 57.7 Å². The minimum atomic E-state index is -1.69. The van der Waals surface area contributed by atoms with Gasteiger partial charge in [0.2, 0.25) is 35.4 Å². The van der Waals surface area contributed by atoms with Crippen molar-refractivity contribution in [2.45, 2.75) is 44.6 Å². The van der Waals surface area contributed by atoms with Gasteiger partial charge in [0.05, 0.1) is 19.6 Å². The number of likely N-dealkylation sites (tertiary alicyclic amines) is 1. The maximum Gasteiger partial charge on any atom is 0.357 e. The summed E-state index contributed by atoms with van der Waals surface area (Å²) in [7, 11) is 0. The number of carbonyl (C=O) groups excluding carboxylic acids is 11. The van der Waals surface area contributed by atoms with Gasteiger partial charge in [0.25, 0.3) is 23.6 Å². The molecule has 0 aromatic heterocycles. The van der Waals surface area contributed by atoms with Gasteiger partial charge in [-0.15, -0.1) is 5.06 Å². The molecule has 0 spiro atoms. The molecular formula is C25H29N7O12. The lowest BCUT2D eigenvalue weighted by atomic mass is 10.2. The fourth-order valence-electron chi connectivity index (χ4n) is 4.10. The van der Waals surface area contributed by atoms with Crippen LogP contribution in [0.3, 0.4) is 0 Å². The Labute approximate surface area is 248 Å². The van der Waals surface area contributed by atoms with Gasteiger partial charge in [-0.2, -0.15) is 0 Å². The van der Waals surface area contributed by atoms with Crippen molar-refractivity contribution >= 4 is 65.0 Å². The van der Waals surface area contributed by atoms with Crippen molar-refractivity contribution in [2.24, 2.45) is 0 Å². The normalized spacial score (nSPS) is 16.9.